The van der Waals surface area contributed by atoms with E-state index in [-0.39, 0.29) is 33.7 Å². The first-order valence-electron chi connectivity index (χ1n) is 9.81. The Morgan fingerprint density at radius 2 is 1.56 bits per heavy atom. The van der Waals surface area contributed by atoms with Gasteiger partial charge in [-0.25, -0.2) is 0 Å². The molecule has 5 atom stereocenters. The van der Waals surface area contributed by atoms with Crippen molar-refractivity contribution in [3.63, 3.8) is 0 Å². The summed E-state index contributed by atoms with van der Waals surface area (Å²) in [7, 11) is 0. The molecule has 0 spiro atoms. The van der Waals surface area contributed by atoms with E-state index in [1.54, 1.807) is 0 Å². The van der Waals surface area contributed by atoms with E-state index < -0.39 is 5.41 Å². The third kappa shape index (κ3) is 1.80. The molecule has 0 bridgehead atoms. The van der Waals surface area contributed by atoms with Crippen molar-refractivity contribution in [1.82, 2.24) is 0 Å². The first-order valence-corrected chi connectivity index (χ1v) is 9.81. The molecule has 0 aliphatic heterocycles. The van der Waals surface area contributed by atoms with Crippen molar-refractivity contribution in [2.24, 2.45) is 33.5 Å². The Labute approximate surface area is 150 Å². The van der Waals surface area contributed by atoms with E-state index in [9.17, 15) is 14.4 Å². The molecule has 3 heteroatoms. The van der Waals surface area contributed by atoms with Gasteiger partial charge in [0.05, 0.1) is 0 Å². The van der Waals surface area contributed by atoms with Gasteiger partial charge in [0.25, 0.3) is 0 Å². The summed E-state index contributed by atoms with van der Waals surface area (Å²) < 4.78 is 0. The summed E-state index contributed by atoms with van der Waals surface area (Å²) in [5.41, 5.74) is -0.207. The van der Waals surface area contributed by atoms with Crippen LogP contribution in [0.15, 0.2) is 11.6 Å². The molecule has 0 amide bonds. The predicted octanol–water partition coefficient (Wildman–Crippen LogP) is 4.29. The smallest absolute Gasteiger partial charge is 0.159 e. The Kier molecular flexibility index (Phi) is 3.24. The van der Waals surface area contributed by atoms with Gasteiger partial charge in [0.2, 0.25) is 0 Å². The summed E-state index contributed by atoms with van der Waals surface area (Å²) in [5, 5.41) is 0. The Morgan fingerprint density at radius 1 is 0.880 bits per heavy atom. The summed E-state index contributed by atoms with van der Waals surface area (Å²) >= 11 is 0. The van der Waals surface area contributed by atoms with Gasteiger partial charge in [0.15, 0.2) is 5.78 Å². The molecule has 4 aliphatic carbocycles. The highest BCUT2D eigenvalue weighted by atomic mass is 16.1. The van der Waals surface area contributed by atoms with Crippen molar-refractivity contribution in [1.29, 1.82) is 0 Å². The fourth-order valence-electron chi connectivity index (χ4n) is 7.08. The van der Waals surface area contributed by atoms with Crippen molar-refractivity contribution >= 4 is 17.3 Å². The first-order chi connectivity index (χ1) is 11.5. The molecular formula is C22H30O3. The average molecular weight is 342 g/mol. The molecule has 4 rings (SSSR count). The van der Waals surface area contributed by atoms with Crippen LogP contribution in [0.4, 0.5) is 0 Å². The number of rotatable bonds is 0. The number of carbonyl (C=O) groups excluding carboxylic acids is 3. The number of Topliss-reactive ketones (excluding diaryl/α,β-unsaturated/α-hetero) is 2. The quantitative estimate of drug-likeness (QED) is 0.660. The summed E-state index contributed by atoms with van der Waals surface area (Å²) in [4.78, 5) is 38.5. The standard InChI is InChI=1S/C22H30O3/c1-19(2)14-12-15(23)18-20(3,13(14)6-7-16(19)24)10-11-21(4)17(25)8-9-22(18,21)5/h12-13,18H,6-11H2,1-5H3/t13?,18?,20-,21+,22-/m0/s1. The van der Waals surface area contributed by atoms with Crippen LogP contribution in [-0.4, -0.2) is 17.3 Å². The average Bonchev–Trinajstić information content (AvgIpc) is 2.76. The van der Waals surface area contributed by atoms with Crippen LogP contribution in [0, 0.1) is 33.5 Å². The van der Waals surface area contributed by atoms with Crippen molar-refractivity contribution in [3.8, 4) is 0 Å². The summed E-state index contributed by atoms with van der Waals surface area (Å²) in [5.74, 6) is 0.967. The Hall–Kier alpha value is -1.25. The SMILES string of the molecule is CC1(C)C(=O)CCC2C1=CC(=O)C1[C@@]2(C)CC[C@]2(C)C(=O)CC[C@@]12C. The first kappa shape index (κ1) is 17.2. The lowest BCUT2D eigenvalue weighted by Crippen LogP contribution is -2.61. The van der Waals surface area contributed by atoms with Crippen LogP contribution in [0.3, 0.4) is 0 Å². The second-order valence-electron chi connectivity index (χ2n) is 10.3. The van der Waals surface area contributed by atoms with Crippen LogP contribution in [0.1, 0.15) is 73.1 Å². The molecule has 3 nitrogen and oxygen atoms in total. The van der Waals surface area contributed by atoms with E-state index in [2.05, 4.69) is 20.8 Å². The van der Waals surface area contributed by atoms with Gasteiger partial charge in [-0.2, -0.15) is 0 Å². The second kappa shape index (κ2) is 4.72. The van der Waals surface area contributed by atoms with Crippen LogP contribution in [0.25, 0.3) is 0 Å². The fraction of sp³-hybridized carbons (Fsp3) is 0.773. The maximum Gasteiger partial charge on any atom is 0.159 e. The Bertz CT molecular complexity index is 730. The highest BCUT2D eigenvalue weighted by molar-refractivity contribution is 6.00. The van der Waals surface area contributed by atoms with Crippen LogP contribution in [-0.2, 0) is 14.4 Å². The highest BCUT2D eigenvalue weighted by Crippen LogP contribution is 2.70. The molecule has 4 aliphatic rings. The van der Waals surface area contributed by atoms with Crippen molar-refractivity contribution in [3.05, 3.63) is 11.6 Å². The van der Waals surface area contributed by atoms with Crippen molar-refractivity contribution < 1.29 is 14.4 Å². The number of fused-ring (bicyclic) bond motifs is 5. The van der Waals surface area contributed by atoms with E-state index in [1.165, 1.54) is 0 Å². The van der Waals surface area contributed by atoms with Gasteiger partial charge in [0, 0.05) is 29.6 Å². The monoisotopic (exact) mass is 342 g/mol. The third-order valence-electron chi connectivity index (χ3n) is 9.04. The maximum atomic E-state index is 13.4. The summed E-state index contributed by atoms with van der Waals surface area (Å²) in [6, 6.07) is 0. The van der Waals surface area contributed by atoms with E-state index in [4.69, 9.17) is 0 Å². The highest BCUT2D eigenvalue weighted by Gasteiger charge is 2.69. The molecule has 25 heavy (non-hydrogen) atoms. The van der Waals surface area contributed by atoms with Gasteiger partial charge >= 0.3 is 0 Å². The number of ketones is 3. The minimum atomic E-state index is -0.528. The lowest BCUT2D eigenvalue weighted by Gasteiger charge is -2.62. The fourth-order valence-corrected chi connectivity index (χ4v) is 7.08. The zero-order chi connectivity index (χ0) is 18.4. The number of allylic oxidation sites excluding steroid dienone is 2. The molecule has 0 N–H and O–H groups in total. The van der Waals surface area contributed by atoms with Crippen LogP contribution >= 0.6 is 0 Å². The van der Waals surface area contributed by atoms with Gasteiger partial charge in [-0.15, -0.1) is 0 Å². The molecule has 0 heterocycles. The number of carbonyl (C=O) groups is 3. The molecule has 0 saturated heterocycles. The van der Waals surface area contributed by atoms with Crippen molar-refractivity contribution in [2.45, 2.75) is 73.1 Å². The molecule has 0 radical (unpaired) electrons. The topological polar surface area (TPSA) is 51.2 Å². The normalized spacial score (nSPS) is 48.5. The summed E-state index contributed by atoms with van der Waals surface area (Å²) in [6.07, 6.45) is 6.50. The second-order valence-corrected chi connectivity index (χ2v) is 10.3. The van der Waals surface area contributed by atoms with Gasteiger partial charge in [0.1, 0.15) is 11.6 Å². The van der Waals surface area contributed by atoms with Crippen LogP contribution in [0.5, 0.6) is 0 Å². The van der Waals surface area contributed by atoms with Gasteiger partial charge in [-0.1, -0.05) is 20.8 Å². The number of hydrogen-bond donors (Lipinski definition) is 0. The Morgan fingerprint density at radius 3 is 2.24 bits per heavy atom. The van der Waals surface area contributed by atoms with Crippen LogP contribution in [0.2, 0.25) is 0 Å². The molecule has 0 aromatic rings. The molecule has 0 aromatic carbocycles. The van der Waals surface area contributed by atoms with Crippen molar-refractivity contribution in [2.75, 3.05) is 0 Å². The van der Waals surface area contributed by atoms with Gasteiger partial charge in [-0.05, 0) is 67.9 Å². The minimum Gasteiger partial charge on any atom is -0.299 e. The molecule has 3 saturated carbocycles. The lowest BCUT2D eigenvalue weighted by atomic mass is 9.40. The number of hydrogen-bond acceptors (Lipinski definition) is 3. The van der Waals surface area contributed by atoms with E-state index >= 15 is 0 Å². The lowest BCUT2D eigenvalue weighted by molar-refractivity contribution is -0.161. The molecular weight excluding hydrogens is 312 g/mol. The van der Waals surface area contributed by atoms with Crippen LogP contribution < -0.4 is 0 Å². The summed E-state index contributed by atoms with van der Waals surface area (Å²) in [6.45, 7) is 10.5. The van der Waals surface area contributed by atoms with E-state index in [1.807, 2.05) is 19.9 Å². The zero-order valence-corrected chi connectivity index (χ0v) is 16.2. The zero-order valence-electron chi connectivity index (χ0n) is 16.2. The maximum absolute atomic E-state index is 13.4. The van der Waals surface area contributed by atoms with Gasteiger partial charge < -0.3 is 0 Å². The predicted molar refractivity (Wildman–Crippen MR) is 95.9 cm³/mol. The molecule has 3 fully saturated rings. The molecule has 0 aromatic heterocycles. The molecule has 136 valence electrons. The van der Waals surface area contributed by atoms with Gasteiger partial charge in [-0.3, -0.25) is 14.4 Å². The third-order valence-corrected chi connectivity index (χ3v) is 9.04. The van der Waals surface area contributed by atoms with E-state index in [0.29, 0.717) is 24.5 Å². The minimum absolute atomic E-state index is 0.0945. The van der Waals surface area contributed by atoms with E-state index in [0.717, 1.165) is 31.3 Å². The molecule has 2 unspecified atom stereocenters. The Balaban J connectivity index is 1.89. The largest absolute Gasteiger partial charge is 0.299 e.